The van der Waals surface area contributed by atoms with Gasteiger partial charge in [0.25, 0.3) is 0 Å². The van der Waals surface area contributed by atoms with E-state index < -0.39 is 0 Å². The maximum absolute atomic E-state index is 5.88. The molecule has 3 heteroatoms. The van der Waals surface area contributed by atoms with Gasteiger partial charge >= 0.3 is 0 Å². The van der Waals surface area contributed by atoms with Gasteiger partial charge in [-0.05, 0) is 49.4 Å². The summed E-state index contributed by atoms with van der Waals surface area (Å²) in [6.45, 7) is 14.3. The Morgan fingerprint density at radius 2 is 1.65 bits per heavy atom. The molecule has 118 valence electrons. The fourth-order valence-electron chi connectivity index (χ4n) is 3.82. The molecule has 2 aliphatic rings. The van der Waals surface area contributed by atoms with E-state index in [-0.39, 0.29) is 0 Å². The number of hydrazine groups is 1. The highest BCUT2D eigenvalue weighted by Gasteiger charge is 2.46. The summed E-state index contributed by atoms with van der Waals surface area (Å²) in [6, 6.07) is 0.817. The molecule has 2 fully saturated rings. The second kappa shape index (κ2) is 6.76. The summed E-state index contributed by atoms with van der Waals surface area (Å²) in [4.78, 5) is 2.75. The maximum Gasteiger partial charge on any atom is 0.0134 e. The molecule has 0 amide bonds. The summed E-state index contributed by atoms with van der Waals surface area (Å²) in [5.74, 6) is 7.57. The molecular formula is C17H35N3. The largest absolute Gasteiger partial charge is 0.299 e. The summed E-state index contributed by atoms with van der Waals surface area (Å²) in [7, 11) is 0. The lowest BCUT2D eigenvalue weighted by molar-refractivity contribution is -0.0727. The van der Waals surface area contributed by atoms with Crippen molar-refractivity contribution >= 4 is 0 Å². The van der Waals surface area contributed by atoms with E-state index in [9.17, 15) is 0 Å². The number of hydrogen-bond donors (Lipinski definition) is 1. The molecule has 2 N–H and O–H groups in total. The standard InChI is InChI=1S/C17H35N3/c1-5-16(7-6-15(4)14(2)3)19-12-17(13-19)8-10-20(18)11-9-17/h14-16H,5-13,18H2,1-4H3. The van der Waals surface area contributed by atoms with Crippen LogP contribution in [0.15, 0.2) is 0 Å². The molecule has 1 spiro atoms. The highest BCUT2D eigenvalue weighted by molar-refractivity contribution is 4.99. The predicted molar refractivity (Wildman–Crippen MR) is 86.3 cm³/mol. The minimum absolute atomic E-state index is 0.618. The average molecular weight is 281 g/mol. The zero-order chi connectivity index (χ0) is 14.8. The van der Waals surface area contributed by atoms with Crippen molar-refractivity contribution in [2.75, 3.05) is 26.2 Å². The molecule has 20 heavy (non-hydrogen) atoms. The Hall–Kier alpha value is -0.120. The third-order valence-electron chi connectivity index (χ3n) is 6.02. The van der Waals surface area contributed by atoms with Gasteiger partial charge in [-0.15, -0.1) is 0 Å². The van der Waals surface area contributed by atoms with Crippen LogP contribution in [-0.4, -0.2) is 42.1 Å². The Morgan fingerprint density at radius 1 is 1.05 bits per heavy atom. The molecule has 2 atom stereocenters. The molecule has 2 heterocycles. The third kappa shape index (κ3) is 3.75. The van der Waals surface area contributed by atoms with Gasteiger partial charge in [-0.25, -0.2) is 5.01 Å². The second-order valence-electron chi connectivity index (χ2n) is 7.80. The van der Waals surface area contributed by atoms with Crippen LogP contribution in [0.4, 0.5) is 0 Å². The Balaban J connectivity index is 1.74. The second-order valence-corrected chi connectivity index (χ2v) is 7.80. The lowest BCUT2D eigenvalue weighted by Gasteiger charge is -2.56. The molecule has 0 radical (unpaired) electrons. The van der Waals surface area contributed by atoms with Gasteiger partial charge in [-0.1, -0.05) is 27.7 Å². The molecule has 0 aliphatic carbocycles. The van der Waals surface area contributed by atoms with Gasteiger partial charge in [0.05, 0.1) is 0 Å². The normalized spacial score (nSPS) is 26.7. The minimum Gasteiger partial charge on any atom is -0.299 e. The molecule has 0 saturated carbocycles. The Labute approximate surface area is 125 Å². The first-order valence-corrected chi connectivity index (χ1v) is 8.69. The molecule has 2 aliphatic heterocycles. The summed E-state index contributed by atoms with van der Waals surface area (Å²) in [5.41, 5.74) is 0.618. The zero-order valence-electron chi connectivity index (χ0n) is 14.1. The van der Waals surface area contributed by atoms with E-state index in [0.717, 1.165) is 31.0 Å². The van der Waals surface area contributed by atoms with Gasteiger partial charge in [0.1, 0.15) is 0 Å². The number of likely N-dealkylation sites (tertiary alicyclic amines) is 1. The molecule has 2 saturated heterocycles. The van der Waals surface area contributed by atoms with E-state index in [1.54, 1.807) is 0 Å². The Morgan fingerprint density at radius 3 is 2.15 bits per heavy atom. The van der Waals surface area contributed by atoms with Crippen LogP contribution in [0.5, 0.6) is 0 Å². The van der Waals surface area contributed by atoms with Gasteiger partial charge in [0, 0.05) is 32.2 Å². The topological polar surface area (TPSA) is 32.5 Å². The van der Waals surface area contributed by atoms with Crippen molar-refractivity contribution in [1.82, 2.24) is 9.91 Å². The van der Waals surface area contributed by atoms with E-state index in [1.807, 2.05) is 5.01 Å². The van der Waals surface area contributed by atoms with Gasteiger partial charge in [0.15, 0.2) is 0 Å². The summed E-state index contributed by atoms with van der Waals surface area (Å²) in [5, 5.41) is 2.00. The van der Waals surface area contributed by atoms with Crippen molar-refractivity contribution in [2.45, 2.75) is 65.8 Å². The van der Waals surface area contributed by atoms with Crippen LogP contribution in [0.1, 0.15) is 59.8 Å². The zero-order valence-corrected chi connectivity index (χ0v) is 14.1. The van der Waals surface area contributed by atoms with E-state index in [2.05, 4.69) is 32.6 Å². The molecule has 0 aromatic carbocycles. The number of piperidine rings is 1. The van der Waals surface area contributed by atoms with Crippen LogP contribution in [0, 0.1) is 17.3 Å². The average Bonchev–Trinajstić information content (AvgIpc) is 2.39. The lowest BCUT2D eigenvalue weighted by Crippen LogP contribution is -2.63. The van der Waals surface area contributed by atoms with E-state index in [1.165, 1.54) is 45.2 Å². The highest BCUT2D eigenvalue weighted by Crippen LogP contribution is 2.42. The number of nitrogens with two attached hydrogens (primary N) is 1. The van der Waals surface area contributed by atoms with Gasteiger partial charge in [-0.2, -0.15) is 0 Å². The SMILES string of the molecule is CCC(CCC(C)C(C)C)N1CC2(CCN(N)CC2)C1. The smallest absolute Gasteiger partial charge is 0.0134 e. The summed E-state index contributed by atoms with van der Waals surface area (Å²) < 4.78 is 0. The molecule has 2 unspecified atom stereocenters. The molecule has 2 rings (SSSR count). The van der Waals surface area contributed by atoms with E-state index in [4.69, 9.17) is 5.84 Å². The van der Waals surface area contributed by atoms with Crippen LogP contribution in [0.2, 0.25) is 0 Å². The molecule has 0 bridgehead atoms. The first kappa shape index (κ1) is 16.3. The number of nitrogens with zero attached hydrogens (tertiary/aromatic N) is 2. The quantitative estimate of drug-likeness (QED) is 0.759. The molecular weight excluding hydrogens is 246 g/mol. The highest BCUT2D eigenvalue weighted by atomic mass is 15.4. The van der Waals surface area contributed by atoms with Crippen LogP contribution in [0.25, 0.3) is 0 Å². The van der Waals surface area contributed by atoms with Crippen molar-refractivity contribution in [3.63, 3.8) is 0 Å². The monoisotopic (exact) mass is 281 g/mol. The van der Waals surface area contributed by atoms with Crippen molar-refractivity contribution < 1.29 is 0 Å². The maximum atomic E-state index is 5.88. The summed E-state index contributed by atoms with van der Waals surface area (Å²) in [6.07, 6.45) is 6.69. The fraction of sp³-hybridized carbons (Fsp3) is 1.00. The van der Waals surface area contributed by atoms with Crippen molar-refractivity contribution in [2.24, 2.45) is 23.1 Å². The van der Waals surface area contributed by atoms with Crippen LogP contribution in [-0.2, 0) is 0 Å². The van der Waals surface area contributed by atoms with E-state index in [0.29, 0.717) is 5.41 Å². The van der Waals surface area contributed by atoms with Crippen LogP contribution < -0.4 is 5.84 Å². The molecule has 3 nitrogen and oxygen atoms in total. The Kier molecular flexibility index (Phi) is 5.49. The minimum atomic E-state index is 0.618. The van der Waals surface area contributed by atoms with Crippen LogP contribution in [0.3, 0.4) is 0 Å². The predicted octanol–water partition coefficient (Wildman–Crippen LogP) is 3.11. The number of rotatable bonds is 6. The number of hydrogen-bond acceptors (Lipinski definition) is 3. The van der Waals surface area contributed by atoms with Gasteiger partial charge < -0.3 is 0 Å². The van der Waals surface area contributed by atoms with Crippen LogP contribution >= 0.6 is 0 Å². The first-order valence-electron chi connectivity index (χ1n) is 8.69. The summed E-state index contributed by atoms with van der Waals surface area (Å²) >= 11 is 0. The first-order chi connectivity index (χ1) is 9.46. The fourth-order valence-corrected chi connectivity index (χ4v) is 3.82. The molecule has 0 aromatic rings. The third-order valence-corrected chi connectivity index (χ3v) is 6.02. The van der Waals surface area contributed by atoms with Crippen molar-refractivity contribution in [3.8, 4) is 0 Å². The van der Waals surface area contributed by atoms with Crippen molar-refractivity contribution in [1.29, 1.82) is 0 Å². The Bertz CT molecular complexity index is 287. The van der Waals surface area contributed by atoms with Gasteiger partial charge in [0.2, 0.25) is 0 Å². The van der Waals surface area contributed by atoms with Crippen molar-refractivity contribution in [3.05, 3.63) is 0 Å². The lowest BCUT2D eigenvalue weighted by atomic mass is 9.71. The molecule has 0 aromatic heterocycles. The van der Waals surface area contributed by atoms with Gasteiger partial charge in [-0.3, -0.25) is 10.7 Å². The van der Waals surface area contributed by atoms with E-state index >= 15 is 0 Å².